The van der Waals surface area contributed by atoms with E-state index < -0.39 is 0 Å². The van der Waals surface area contributed by atoms with Crippen molar-refractivity contribution >= 4 is 11.6 Å². The molecule has 1 aromatic carbocycles. The van der Waals surface area contributed by atoms with Gasteiger partial charge in [-0.2, -0.15) is 5.26 Å². The summed E-state index contributed by atoms with van der Waals surface area (Å²) in [7, 11) is 0. The summed E-state index contributed by atoms with van der Waals surface area (Å²) in [6, 6.07) is 8.48. The zero-order valence-corrected chi connectivity index (χ0v) is 13.2. The van der Waals surface area contributed by atoms with E-state index >= 15 is 0 Å². The minimum Gasteiger partial charge on any atom is -0.296 e. The zero-order valence-electron chi connectivity index (χ0n) is 12.4. The van der Waals surface area contributed by atoms with Gasteiger partial charge in [-0.1, -0.05) is 44.4 Å². The summed E-state index contributed by atoms with van der Waals surface area (Å²) in [4.78, 5) is 2.57. The molecule has 20 heavy (non-hydrogen) atoms. The van der Waals surface area contributed by atoms with Gasteiger partial charge in [-0.25, -0.2) is 0 Å². The van der Waals surface area contributed by atoms with Crippen molar-refractivity contribution in [1.82, 2.24) is 4.90 Å². The van der Waals surface area contributed by atoms with Gasteiger partial charge in [0.25, 0.3) is 0 Å². The van der Waals surface area contributed by atoms with Crippen molar-refractivity contribution in [3.8, 4) is 6.07 Å². The lowest BCUT2D eigenvalue weighted by Gasteiger charge is -2.30. The van der Waals surface area contributed by atoms with E-state index in [9.17, 15) is 0 Å². The summed E-state index contributed by atoms with van der Waals surface area (Å²) >= 11 is 6.32. The second-order valence-electron chi connectivity index (χ2n) is 6.18. The number of nitriles is 1. The summed E-state index contributed by atoms with van der Waals surface area (Å²) in [6.07, 6.45) is 5.31. The molecule has 0 atom stereocenters. The van der Waals surface area contributed by atoms with Gasteiger partial charge in [-0.05, 0) is 36.5 Å². The van der Waals surface area contributed by atoms with Gasteiger partial charge >= 0.3 is 0 Å². The first-order valence-electron chi connectivity index (χ1n) is 7.52. The standard InChI is InChI=1S/C17H23ClN2/c1-13(2)11-20(16-5-3-4-6-16)12-15-8-7-14(10-19)9-17(15)18/h7-9,13,16H,3-6,11-12H2,1-2H3. The Balaban J connectivity index is 2.12. The van der Waals surface area contributed by atoms with Gasteiger partial charge in [0.15, 0.2) is 0 Å². The fourth-order valence-electron chi connectivity index (χ4n) is 3.05. The molecule has 0 heterocycles. The summed E-state index contributed by atoms with van der Waals surface area (Å²) in [5.41, 5.74) is 1.77. The fraction of sp³-hybridized carbons (Fsp3) is 0.588. The van der Waals surface area contributed by atoms with Crippen LogP contribution in [-0.4, -0.2) is 17.5 Å². The Morgan fingerprint density at radius 2 is 2.05 bits per heavy atom. The van der Waals surface area contributed by atoms with Gasteiger partial charge < -0.3 is 0 Å². The molecule has 0 amide bonds. The van der Waals surface area contributed by atoms with Gasteiger partial charge in [-0.15, -0.1) is 0 Å². The fourth-order valence-corrected chi connectivity index (χ4v) is 3.29. The normalized spacial score (nSPS) is 16.0. The predicted octanol–water partition coefficient (Wildman–Crippen LogP) is 4.61. The molecular weight excluding hydrogens is 268 g/mol. The highest BCUT2D eigenvalue weighted by molar-refractivity contribution is 6.31. The maximum Gasteiger partial charge on any atom is 0.0992 e. The molecule has 0 aromatic heterocycles. The average Bonchev–Trinajstić information content (AvgIpc) is 2.93. The Labute approximate surface area is 127 Å². The highest BCUT2D eigenvalue weighted by atomic mass is 35.5. The quantitative estimate of drug-likeness (QED) is 0.791. The molecule has 1 saturated carbocycles. The topological polar surface area (TPSA) is 27.0 Å². The van der Waals surface area contributed by atoms with Crippen LogP contribution in [-0.2, 0) is 6.54 Å². The minimum absolute atomic E-state index is 0.634. The van der Waals surface area contributed by atoms with Crippen LogP contribution in [0.1, 0.15) is 50.7 Å². The first-order valence-corrected chi connectivity index (χ1v) is 7.90. The second kappa shape index (κ2) is 7.11. The second-order valence-corrected chi connectivity index (χ2v) is 6.59. The average molecular weight is 291 g/mol. The molecule has 1 aromatic rings. The molecule has 2 nitrogen and oxygen atoms in total. The van der Waals surface area contributed by atoms with E-state index in [0.717, 1.165) is 23.7 Å². The van der Waals surface area contributed by atoms with E-state index in [1.807, 2.05) is 12.1 Å². The van der Waals surface area contributed by atoms with Crippen molar-refractivity contribution in [3.63, 3.8) is 0 Å². The molecule has 1 fully saturated rings. The number of halogens is 1. The van der Waals surface area contributed by atoms with Crippen LogP contribution in [0.3, 0.4) is 0 Å². The van der Waals surface area contributed by atoms with Crippen LogP contribution in [0.25, 0.3) is 0 Å². The first kappa shape index (κ1) is 15.4. The van der Waals surface area contributed by atoms with E-state index in [0.29, 0.717) is 17.5 Å². The van der Waals surface area contributed by atoms with Crippen molar-refractivity contribution < 1.29 is 0 Å². The maximum atomic E-state index is 8.91. The molecule has 0 radical (unpaired) electrons. The Morgan fingerprint density at radius 1 is 1.35 bits per heavy atom. The predicted molar refractivity (Wildman–Crippen MR) is 83.7 cm³/mol. The molecular formula is C17H23ClN2. The van der Waals surface area contributed by atoms with Crippen LogP contribution >= 0.6 is 11.6 Å². The highest BCUT2D eigenvalue weighted by Gasteiger charge is 2.23. The van der Waals surface area contributed by atoms with Gasteiger partial charge in [0, 0.05) is 24.2 Å². The third kappa shape index (κ3) is 3.98. The van der Waals surface area contributed by atoms with E-state index in [1.54, 1.807) is 6.07 Å². The Hall–Kier alpha value is -1.04. The van der Waals surface area contributed by atoms with Crippen LogP contribution in [0.4, 0.5) is 0 Å². The maximum absolute atomic E-state index is 8.91. The van der Waals surface area contributed by atoms with Crippen molar-refractivity contribution in [1.29, 1.82) is 5.26 Å². The number of hydrogen-bond donors (Lipinski definition) is 0. The molecule has 3 heteroatoms. The molecule has 0 unspecified atom stereocenters. The van der Waals surface area contributed by atoms with Crippen LogP contribution in [0.15, 0.2) is 18.2 Å². The third-order valence-corrected chi connectivity index (χ3v) is 4.35. The van der Waals surface area contributed by atoms with Crippen LogP contribution in [0.5, 0.6) is 0 Å². The van der Waals surface area contributed by atoms with Gasteiger partial charge in [0.05, 0.1) is 11.6 Å². The molecule has 1 aliphatic rings. The van der Waals surface area contributed by atoms with Crippen molar-refractivity contribution in [2.45, 2.75) is 52.1 Å². The Morgan fingerprint density at radius 3 is 2.60 bits per heavy atom. The van der Waals surface area contributed by atoms with E-state index in [-0.39, 0.29) is 0 Å². The zero-order chi connectivity index (χ0) is 14.5. The van der Waals surface area contributed by atoms with Gasteiger partial charge in [0.2, 0.25) is 0 Å². The van der Waals surface area contributed by atoms with Crippen LogP contribution in [0.2, 0.25) is 5.02 Å². The lowest BCUT2D eigenvalue weighted by atomic mass is 10.1. The number of benzene rings is 1. The molecule has 0 aliphatic heterocycles. The number of hydrogen-bond acceptors (Lipinski definition) is 2. The summed E-state index contributed by atoms with van der Waals surface area (Å²) in [5, 5.41) is 9.63. The lowest BCUT2D eigenvalue weighted by molar-refractivity contribution is 0.168. The Bertz CT molecular complexity index is 484. The molecule has 2 rings (SSSR count). The van der Waals surface area contributed by atoms with E-state index in [4.69, 9.17) is 16.9 Å². The lowest BCUT2D eigenvalue weighted by Crippen LogP contribution is -2.35. The van der Waals surface area contributed by atoms with Gasteiger partial charge in [0.1, 0.15) is 0 Å². The van der Waals surface area contributed by atoms with E-state index in [1.165, 1.54) is 25.7 Å². The first-order chi connectivity index (χ1) is 9.60. The molecule has 1 aliphatic carbocycles. The summed E-state index contributed by atoms with van der Waals surface area (Å²) < 4.78 is 0. The van der Waals surface area contributed by atoms with E-state index in [2.05, 4.69) is 24.8 Å². The number of rotatable bonds is 5. The van der Waals surface area contributed by atoms with Crippen LogP contribution < -0.4 is 0 Å². The SMILES string of the molecule is CC(C)CN(Cc1ccc(C#N)cc1Cl)C1CCCC1. The van der Waals surface area contributed by atoms with Gasteiger partial charge in [-0.3, -0.25) is 4.90 Å². The third-order valence-electron chi connectivity index (χ3n) is 4.00. The minimum atomic E-state index is 0.634. The molecule has 108 valence electrons. The molecule has 0 N–H and O–H groups in total. The summed E-state index contributed by atoms with van der Waals surface area (Å²) in [5.74, 6) is 0.660. The Kier molecular flexibility index (Phi) is 5.46. The molecule has 0 spiro atoms. The highest BCUT2D eigenvalue weighted by Crippen LogP contribution is 2.27. The molecule has 0 saturated heterocycles. The van der Waals surface area contributed by atoms with Crippen molar-refractivity contribution in [3.05, 3.63) is 34.3 Å². The molecule has 0 bridgehead atoms. The van der Waals surface area contributed by atoms with Crippen molar-refractivity contribution in [2.75, 3.05) is 6.54 Å². The van der Waals surface area contributed by atoms with Crippen molar-refractivity contribution in [2.24, 2.45) is 5.92 Å². The van der Waals surface area contributed by atoms with Crippen LogP contribution in [0, 0.1) is 17.2 Å². The largest absolute Gasteiger partial charge is 0.296 e. The summed E-state index contributed by atoms with van der Waals surface area (Å²) in [6.45, 7) is 6.54. The smallest absolute Gasteiger partial charge is 0.0992 e. The number of nitrogens with zero attached hydrogens (tertiary/aromatic N) is 2. The monoisotopic (exact) mass is 290 g/mol.